The lowest BCUT2D eigenvalue weighted by Crippen LogP contribution is -2.33. The molecule has 0 radical (unpaired) electrons. The van der Waals surface area contributed by atoms with E-state index < -0.39 is 0 Å². The maximum atomic E-state index is 13.8. The van der Waals surface area contributed by atoms with Gasteiger partial charge in [0.15, 0.2) is 0 Å². The van der Waals surface area contributed by atoms with Gasteiger partial charge in [0.05, 0.1) is 6.10 Å². The first-order valence-corrected chi connectivity index (χ1v) is 8.29. The van der Waals surface area contributed by atoms with Gasteiger partial charge in [-0.05, 0) is 43.9 Å². The molecule has 1 saturated carbocycles. The van der Waals surface area contributed by atoms with Gasteiger partial charge >= 0.3 is 0 Å². The average molecular weight is 342 g/mol. The third-order valence-corrected chi connectivity index (χ3v) is 5.18. The predicted octanol–water partition coefficient (Wildman–Crippen LogP) is 4.37. The van der Waals surface area contributed by atoms with Gasteiger partial charge in [-0.1, -0.05) is 18.2 Å². The zero-order valence-electron chi connectivity index (χ0n) is 12.3. The van der Waals surface area contributed by atoms with Crippen LogP contribution in [0.25, 0.3) is 10.4 Å². The van der Waals surface area contributed by atoms with E-state index in [-0.39, 0.29) is 24.3 Å². The summed E-state index contributed by atoms with van der Waals surface area (Å²) in [5.74, 6) is -0.167. The third kappa shape index (κ3) is 4.29. The van der Waals surface area contributed by atoms with Gasteiger partial charge in [0.1, 0.15) is 5.82 Å². The molecule has 1 aliphatic carbocycles. The van der Waals surface area contributed by atoms with Gasteiger partial charge in [-0.2, -0.15) is 0 Å². The second kappa shape index (κ2) is 8.06. The Labute approximate surface area is 140 Å². The first kappa shape index (κ1) is 17.4. The SMILES string of the molecule is Cl.OC1CCC(NCc2ccc(-c3ccccc3F)s2)CC1. The minimum atomic E-state index is -0.167. The maximum Gasteiger partial charge on any atom is 0.131 e. The Balaban J connectivity index is 0.00000176. The molecule has 1 aromatic heterocycles. The van der Waals surface area contributed by atoms with Crippen molar-refractivity contribution in [2.45, 2.75) is 44.4 Å². The number of aliphatic hydroxyl groups excluding tert-OH is 1. The van der Waals surface area contributed by atoms with Gasteiger partial charge in [-0.25, -0.2) is 4.39 Å². The molecule has 0 bridgehead atoms. The van der Waals surface area contributed by atoms with Crippen LogP contribution in [0.15, 0.2) is 36.4 Å². The van der Waals surface area contributed by atoms with Crippen molar-refractivity contribution in [3.8, 4) is 10.4 Å². The molecule has 1 aliphatic rings. The van der Waals surface area contributed by atoms with E-state index in [0.717, 1.165) is 37.1 Å². The molecule has 3 rings (SSSR count). The Morgan fingerprint density at radius 2 is 1.82 bits per heavy atom. The molecule has 2 aromatic rings. The van der Waals surface area contributed by atoms with E-state index in [4.69, 9.17) is 0 Å². The molecule has 5 heteroatoms. The van der Waals surface area contributed by atoms with Gasteiger partial charge in [0.25, 0.3) is 0 Å². The fraction of sp³-hybridized carbons (Fsp3) is 0.412. The number of rotatable bonds is 4. The van der Waals surface area contributed by atoms with Crippen LogP contribution in [0.3, 0.4) is 0 Å². The molecule has 22 heavy (non-hydrogen) atoms. The molecule has 0 unspecified atom stereocenters. The first-order valence-electron chi connectivity index (χ1n) is 7.47. The summed E-state index contributed by atoms with van der Waals surface area (Å²) in [6, 6.07) is 11.5. The molecule has 0 aliphatic heterocycles. The van der Waals surface area contributed by atoms with E-state index in [1.54, 1.807) is 17.4 Å². The van der Waals surface area contributed by atoms with E-state index in [1.807, 2.05) is 18.2 Å². The second-order valence-electron chi connectivity index (χ2n) is 5.63. The highest BCUT2D eigenvalue weighted by molar-refractivity contribution is 7.15. The van der Waals surface area contributed by atoms with Crippen LogP contribution >= 0.6 is 23.7 Å². The van der Waals surface area contributed by atoms with Gasteiger partial charge in [-0.15, -0.1) is 23.7 Å². The van der Waals surface area contributed by atoms with E-state index in [1.165, 1.54) is 10.9 Å². The highest BCUT2D eigenvalue weighted by Crippen LogP contribution is 2.30. The van der Waals surface area contributed by atoms with Crippen molar-refractivity contribution in [2.75, 3.05) is 0 Å². The number of halogens is 2. The summed E-state index contributed by atoms with van der Waals surface area (Å²) in [4.78, 5) is 2.20. The fourth-order valence-electron chi connectivity index (χ4n) is 2.80. The van der Waals surface area contributed by atoms with Crippen LogP contribution in [0.1, 0.15) is 30.6 Å². The van der Waals surface area contributed by atoms with Crippen LogP contribution in [-0.2, 0) is 6.54 Å². The summed E-state index contributed by atoms with van der Waals surface area (Å²) in [5, 5.41) is 13.0. The molecule has 0 amide bonds. The summed E-state index contributed by atoms with van der Waals surface area (Å²) in [5.41, 5.74) is 0.675. The molecule has 1 aromatic carbocycles. The highest BCUT2D eigenvalue weighted by atomic mass is 35.5. The Hall–Kier alpha value is -0.940. The minimum absolute atomic E-state index is 0. The Bertz CT molecular complexity index is 596. The van der Waals surface area contributed by atoms with Crippen LogP contribution in [0, 0.1) is 5.82 Å². The molecule has 1 fully saturated rings. The molecular weight excluding hydrogens is 321 g/mol. The smallest absolute Gasteiger partial charge is 0.131 e. The predicted molar refractivity (Wildman–Crippen MR) is 92.1 cm³/mol. The number of benzene rings is 1. The van der Waals surface area contributed by atoms with Crippen LogP contribution in [0.2, 0.25) is 0 Å². The van der Waals surface area contributed by atoms with Crippen LogP contribution in [0.4, 0.5) is 4.39 Å². The van der Waals surface area contributed by atoms with Crippen LogP contribution in [-0.4, -0.2) is 17.3 Å². The lowest BCUT2D eigenvalue weighted by atomic mass is 9.93. The van der Waals surface area contributed by atoms with E-state index in [0.29, 0.717) is 11.6 Å². The maximum absolute atomic E-state index is 13.8. The largest absolute Gasteiger partial charge is 0.393 e. The molecule has 120 valence electrons. The van der Waals surface area contributed by atoms with Gasteiger partial charge in [-0.3, -0.25) is 0 Å². The Kier molecular flexibility index (Phi) is 6.38. The highest BCUT2D eigenvalue weighted by Gasteiger charge is 2.18. The number of aliphatic hydroxyl groups is 1. The standard InChI is InChI=1S/C17H20FNOS.ClH/c18-16-4-2-1-3-15(16)17-10-9-14(21-17)11-19-12-5-7-13(20)8-6-12;/h1-4,9-10,12-13,19-20H,5-8,11H2;1H. The zero-order valence-corrected chi connectivity index (χ0v) is 13.9. The van der Waals surface area contributed by atoms with Crippen molar-refractivity contribution in [2.24, 2.45) is 0 Å². The van der Waals surface area contributed by atoms with Gasteiger partial charge in [0, 0.05) is 27.9 Å². The summed E-state index contributed by atoms with van der Waals surface area (Å²) < 4.78 is 13.8. The summed E-state index contributed by atoms with van der Waals surface area (Å²) >= 11 is 1.64. The van der Waals surface area contributed by atoms with Gasteiger partial charge in [0.2, 0.25) is 0 Å². The van der Waals surface area contributed by atoms with Gasteiger partial charge < -0.3 is 10.4 Å². The Morgan fingerprint density at radius 3 is 2.55 bits per heavy atom. The zero-order chi connectivity index (χ0) is 14.7. The quantitative estimate of drug-likeness (QED) is 0.865. The summed E-state index contributed by atoms with van der Waals surface area (Å²) in [6.07, 6.45) is 3.74. The van der Waals surface area contributed by atoms with Crippen molar-refractivity contribution in [3.05, 3.63) is 47.1 Å². The first-order chi connectivity index (χ1) is 10.2. The van der Waals surface area contributed by atoms with E-state index in [9.17, 15) is 9.50 Å². The van der Waals surface area contributed by atoms with Crippen LogP contribution < -0.4 is 5.32 Å². The molecule has 1 heterocycles. The van der Waals surface area contributed by atoms with E-state index in [2.05, 4.69) is 11.4 Å². The van der Waals surface area contributed by atoms with Crippen molar-refractivity contribution in [3.63, 3.8) is 0 Å². The second-order valence-corrected chi connectivity index (χ2v) is 6.80. The molecule has 2 nitrogen and oxygen atoms in total. The molecular formula is C17H21ClFNOS. The molecule has 2 N–H and O–H groups in total. The monoisotopic (exact) mass is 341 g/mol. The minimum Gasteiger partial charge on any atom is -0.393 e. The van der Waals surface area contributed by atoms with E-state index >= 15 is 0 Å². The molecule has 0 saturated heterocycles. The lowest BCUT2D eigenvalue weighted by molar-refractivity contribution is 0.116. The van der Waals surface area contributed by atoms with Crippen molar-refractivity contribution in [1.29, 1.82) is 0 Å². The van der Waals surface area contributed by atoms with Crippen molar-refractivity contribution in [1.82, 2.24) is 5.32 Å². The average Bonchev–Trinajstić information content (AvgIpc) is 2.96. The fourth-order valence-corrected chi connectivity index (χ4v) is 3.79. The van der Waals surface area contributed by atoms with Crippen LogP contribution in [0.5, 0.6) is 0 Å². The Morgan fingerprint density at radius 1 is 1.09 bits per heavy atom. The molecule has 0 atom stereocenters. The summed E-state index contributed by atoms with van der Waals surface area (Å²) in [7, 11) is 0. The number of hydrogen-bond donors (Lipinski definition) is 2. The van der Waals surface area contributed by atoms with Crippen molar-refractivity contribution >= 4 is 23.7 Å². The summed E-state index contributed by atoms with van der Waals surface area (Å²) in [6.45, 7) is 0.819. The normalized spacial score (nSPS) is 21.4. The molecule has 0 spiro atoms. The third-order valence-electron chi connectivity index (χ3n) is 4.06. The number of nitrogens with one attached hydrogen (secondary N) is 1. The lowest BCUT2D eigenvalue weighted by Gasteiger charge is -2.26. The topological polar surface area (TPSA) is 32.3 Å². The van der Waals surface area contributed by atoms with Crippen molar-refractivity contribution < 1.29 is 9.50 Å². The number of hydrogen-bond acceptors (Lipinski definition) is 3. The number of thiophene rings is 1.